The molecule has 0 atom stereocenters. The van der Waals surface area contributed by atoms with Crippen molar-refractivity contribution >= 4 is 40.9 Å². The molecule has 112 valence electrons. The van der Waals surface area contributed by atoms with Crippen LogP contribution in [0, 0.1) is 0 Å². The Morgan fingerprint density at radius 3 is 2.33 bits per heavy atom. The van der Waals surface area contributed by atoms with Crippen LogP contribution in [0.4, 0.5) is 17.6 Å². The summed E-state index contributed by atoms with van der Waals surface area (Å²) in [5, 5.41) is 3.35. The number of benzene rings is 1. The maximum absolute atomic E-state index is 5.99. The minimum absolute atomic E-state index is 0.190. The molecule has 7 heteroatoms. The molecule has 5 nitrogen and oxygen atoms in total. The summed E-state index contributed by atoms with van der Waals surface area (Å²) in [6.45, 7) is 5.74. The lowest BCUT2D eigenvalue weighted by Gasteiger charge is -2.18. The van der Waals surface area contributed by atoms with E-state index in [2.05, 4.69) is 34.1 Å². The van der Waals surface area contributed by atoms with Gasteiger partial charge in [-0.3, -0.25) is 0 Å². The van der Waals surface area contributed by atoms with Gasteiger partial charge in [0.2, 0.25) is 17.2 Å². The number of rotatable bonds is 6. The van der Waals surface area contributed by atoms with Crippen LogP contribution in [0.5, 0.6) is 0 Å². The molecule has 0 saturated heterocycles. The summed E-state index contributed by atoms with van der Waals surface area (Å²) in [5.74, 6) is 1.04. The van der Waals surface area contributed by atoms with E-state index >= 15 is 0 Å². The lowest BCUT2D eigenvalue weighted by molar-refractivity contribution is 0.814. The van der Waals surface area contributed by atoms with Crippen molar-refractivity contribution < 1.29 is 0 Å². The highest BCUT2D eigenvalue weighted by molar-refractivity contribution is 7.98. The summed E-state index contributed by atoms with van der Waals surface area (Å²) in [5.41, 5.74) is 0.917. The standard InChI is InChI=1S/C14H18ClN5S/c1-4-20(5-2)14-18-12(15)17-13(19-14)16-10-6-8-11(21-3)9-7-10/h6-9H,4-5H2,1-3H3,(H,16,17,18,19). The van der Waals surface area contributed by atoms with E-state index in [-0.39, 0.29) is 5.28 Å². The van der Waals surface area contributed by atoms with Crippen molar-refractivity contribution in [2.24, 2.45) is 0 Å². The Hall–Kier alpha value is -1.53. The lowest BCUT2D eigenvalue weighted by atomic mass is 10.3. The van der Waals surface area contributed by atoms with Crippen LogP contribution in [0.25, 0.3) is 0 Å². The molecule has 0 unspecified atom stereocenters. The van der Waals surface area contributed by atoms with E-state index < -0.39 is 0 Å². The second kappa shape index (κ2) is 7.47. The summed E-state index contributed by atoms with van der Waals surface area (Å²) in [7, 11) is 0. The van der Waals surface area contributed by atoms with E-state index in [9.17, 15) is 0 Å². The molecule has 2 aromatic rings. The Morgan fingerprint density at radius 2 is 1.76 bits per heavy atom. The second-order valence-corrected chi connectivity index (χ2v) is 5.47. The predicted molar refractivity (Wildman–Crippen MR) is 89.9 cm³/mol. The molecule has 0 aliphatic rings. The maximum atomic E-state index is 5.99. The first-order valence-corrected chi connectivity index (χ1v) is 8.34. The van der Waals surface area contributed by atoms with Gasteiger partial charge in [0, 0.05) is 23.7 Å². The Bertz CT molecular complexity index is 586. The van der Waals surface area contributed by atoms with Crippen molar-refractivity contribution in [1.82, 2.24) is 15.0 Å². The molecule has 21 heavy (non-hydrogen) atoms. The molecular weight excluding hydrogens is 306 g/mol. The molecule has 0 radical (unpaired) electrons. The van der Waals surface area contributed by atoms with Gasteiger partial charge in [-0.2, -0.15) is 15.0 Å². The molecule has 0 fully saturated rings. The topological polar surface area (TPSA) is 53.9 Å². The maximum Gasteiger partial charge on any atom is 0.233 e. The Balaban J connectivity index is 2.22. The van der Waals surface area contributed by atoms with E-state index in [1.54, 1.807) is 11.8 Å². The second-order valence-electron chi connectivity index (χ2n) is 4.25. The number of hydrogen-bond acceptors (Lipinski definition) is 6. The van der Waals surface area contributed by atoms with Crippen molar-refractivity contribution in [2.45, 2.75) is 18.7 Å². The van der Waals surface area contributed by atoms with Gasteiger partial charge in [0.1, 0.15) is 0 Å². The molecule has 0 saturated carbocycles. The molecule has 2 rings (SSSR count). The Morgan fingerprint density at radius 1 is 1.10 bits per heavy atom. The fourth-order valence-corrected chi connectivity index (χ4v) is 2.41. The number of halogens is 1. The van der Waals surface area contributed by atoms with Gasteiger partial charge in [0.25, 0.3) is 0 Å². The minimum atomic E-state index is 0.190. The molecule has 1 aromatic heterocycles. The van der Waals surface area contributed by atoms with Gasteiger partial charge < -0.3 is 10.2 Å². The molecule has 1 N–H and O–H groups in total. The highest BCUT2D eigenvalue weighted by Crippen LogP contribution is 2.21. The third kappa shape index (κ3) is 4.22. The van der Waals surface area contributed by atoms with Gasteiger partial charge in [-0.15, -0.1) is 11.8 Å². The Kier molecular flexibility index (Phi) is 5.64. The van der Waals surface area contributed by atoms with Gasteiger partial charge in [0.05, 0.1) is 0 Å². The van der Waals surface area contributed by atoms with Gasteiger partial charge in [-0.05, 0) is 56.0 Å². The number of nitrogens with zero attached hydrogens (tertiary/aromatic N) is 4. The minimum Gasteiger partial charge on any atom is -0.341 e. The largest absolute Gasteiger partial charge is 0.341 e. The number of anilines is 3. The predicted octanol–water partition coefficient (Wildman–Crippen LogP) is 3.84. The SMILES string of the molecule is CCN(CC)c1nc(Cl)nc(Nc2ccc(SC)cc2)n1. The van der Waals surface area contributed by atoms with Crippen LogP contribution in [0.3, 0.4) is 0 Å². The summed E-state index contributed by atoms with van der Waals surface area (Å²) in [4.78, 5) is 15.9. The summed E-state index contributed by atoms with van der Waals surface area (Å²) < 4.78 is 0. The van der Waals surface area contributed by atoms with E-state index in [0.717, 1.165) is 18.8 Å². The first kappa shape index (κ1) is 15.9. The fraction of sp³-hybridized carbons (Fsp3) is 0.357. The molecule has 1 aromatic carbocycles. The lowest BCUT2D eigenvalue weighted by Crippen LogP contribution is -2.24. The Labute approximate surface area is 134 Å². The number of nitrogens with one attached hydrogen (secondary N) is 1. The van der Waals surface area contributed by atoms with Crippen LogP contribution in [-0.2, 0) is 0 Å². The van der Waals surface area contributed by atoms with Crippen LogP contribution in [0.15, 0.2) is 29.2 Å². The average molecular weight is 324 g/mol. The molecule has 1 heterocycles. The van der Waals surface area contributed by atoms with Crippen LogP contribution in [-0.4, -0.2) is 34.3 Å². The van der Waals surface area contributed by atoms with Crippen LogP contribution < -0.4 is 10.2 Å². The number of thioether (sulfide) groups is 1. The van der Waals surface area contributed by atoms with Gasteiger partial charge in [-0.1, -0.05) is 0 Å². The zero-order chi connectivity index (χ0) is 15.2. The van der Waals surface area contributed by atoms with E-state index in [0.29, 0.717) is 11.9 Å². The third-order valence-corrected chi connectivity index (χ3v) is 3.90. The van der Waals surface area contributed by atoms with Crippen molar-refractivity contribution in [2.75, 3.05) is 29.6 Å². The average Bonchev–Trinajstić information content (AvgIpc) is 2.49. The van der Waals surface area contributed by atoms with Crippen molar-refractivity contribution in [3.05, 3.63) is 29.5 Å². The smallest absolute Gasteiger partial charge is 0.233 e. The first-order chi connectivity index (χ1) is 10.2. The zero-order valence-electron chi connectivity index (χ0n) is 12.3. The van der Waals surface area contributed by atoms with E-state index in [1.165, 1.54) is 4.90 Å². The normalized spacial score (nSPS) is 10.5. The molecule has 0 aliphatic heterocycles. The van der Waals surface area contributed by atoms with Crippen LogP contribution in [0.1, 0.15) is 13.8 Å². The zero-order valence-corrected chi connectivity index (χ0v) is 13.9. The highest BCUT2D eigenvalue weighted by atomic mass is 35.5. The van der Waals surface area contributed by atoms with Gasteiger partial charge >= 0.3 is 0 Å². The van der Waals surface area contributed by atoms with Crippen molar-refractivity contribution in [3.63, 3.8) is 0 Å². The molecule has 0 bridgehead atoms. The quantitative estimate of drug-likeness (QED) is 0.815. The first-order valence-electron chi connectivity index (χ1n) is 6.73. The van der Waals surface area contributed by atoms with Gasteiger partial charge in [0.15, 0.2) is 0 Å². The van der Waals surface area contributed by atoms with E-state index in [1.807, 2.05) is 35.4 Å². The molecule has 0 amide bonds. The number of hydrogen-bond donors (Lipinski definition) is 1. The number of aromatic nitrogens is 3. The van der Waals surface area contributed by atoms with Crippen LogP contribution >= 0.6 is 23.4 Å². The molecular formula is C14H18ClN5S. The summed E-state index contributed by atoms with van der Waals surface area (Å²) in [6, 6.07) is 8.06. The van der Waals surface area contributed by atoms with Crippen molar-refractivity contribution in [1.29, 1.82) is 0 Å². The molecule has 0 aliphatic carbocycles. The summed E-state index contributed by atoms with van der Waals surface area (Å²) >= 11 is 7.69. The summed E-state index contributed by atoms with van der Waals surface area (Å²) in [6.07, 6.45) is 2.05. The highest BCUT2D eigenvalue weighted by Gasteiger charge is 2.10. The van der Waals surface area contributed by atoms with Gasteiger partial charge in [-0.25, -0.2) is 0 Å². The molecule has 0 spiro atoms. The van der Waals surface area contributed by atoms with E-state index in [4.69, 9.17) is 11.6 Å². The third-order valence-electron chi connectivity index (χ3n) is 2.99. The monoisotopic (exact) mass is 323 g/mol. The fourth-order valence-electron chi connectivity index (χ4n) is 1.85. The van der Waals surface area contributed by atoms with Crippen molar-refractivity contribution in [3.8, 4) is 0 Å². The van der Waals surface area contributed by atoms with Crippen LogP contribution in [0.2, 0.25) is 5.28 Å².